The quantitative estimate of drug-likeness (QED) is 0.787. The van der Waals surface area contributed by atoms with E-state index in [1.807, 2.05) is 24.4 Å². The maximum absolute atomic E-state index is 6.38. The van der Waals surface area contributed by atoms with Crippen molar-refractivity contribution < 1.29 is 0 Å². The summed E-state index contributed by atoms with van der Waals surface area (Å²) in [6.45, 7) is 7.92. The number of hydrogen-bond acceptors (Lipinski definition) is 3. The highest BCUT2D eigenvalue weighted by Gasteiger charge is 2.19. The van der Waals surface area contributed by atoms with E-state index in [1.165, 1.54) is 5.56 Å². The Hall–Kier alpha value is -1.36. The molecule has 1 aromatic carbocycles. The Labute approximate surface area is 131 Å². The first-order valence-corrected chi connectivity index (χ1v) is 7.81. The molecule has 0 spiro atoms. The molecule has 21 heavy (non-hydrogen) atoms. The lowest BCUT2D eigenvalue weighted by atomic mass is 10.0. The average Bonchev–Trinajstić information content (AvgIpc) is 3.01. The number of imidazole rings is 1. The summed E-state index contributed by atoms with van der Waals surface area (Å²) in [6, 6.07) is 8.36. The van der Waals surface area contributed by atoms with Crippen molar-refractivity contribution in [2.75, 3.05) is 19.6 Å². The summed E-state index contributed by atoms with van der Waals surface area (Å²) in [4.78, 5) is 9.75. The molecule has 4 nitrogen and oxygen atoms in total. The Morgan fingerprint density at radius 3 is 2.67 bits per heavy atom. The average molecular weight is 307 g/mol. The molecular weight excluding hydrogens is 284 g/mol. The third kappa shape index (κ3) is 4.30. The molecule has 2 aromatic rings. The molecule has 114 valence electrons. The third-order valence-corrected chi connectivity index (χ3v) is 4.05. The number of benzene rings is 1. The van der Waals surface area contributed by atoms with E-state index >= 15 is 0 Å². The summed E-state index contributed by atoms with van der Waals surface area (Å²) < 4.78 is 0. The lowest BCUT2D eigenvalue weighted by Gasteiger charge is -2.31. The molecule has 0 aliphatic rings. The van der Waals surface area contributed by atoms with Crippen LogP contribution in [-0.4, -0.2) is 34.5 Å². The summed E-state index contributed by atoms with van der Waals surface area (Å²) in [6.07, 6.45) is 3.61. The van der Waals surface area contributed by atoms with Crippen molar-refractivity contribution >= 4 is 11.6 Å². The fraction of sp³-hybridized carbons (Fsp3) is 0.438. The van der Waals surface area contributed by atoms with Crippen LogP contribution in [0, 0.1) is 0 Å². The largest absolute Gasteiger partial charge is 0.348 e. The third-order valence-electron chi connectivity index (χ3n) is 3.70. The van der Waals surface area contributed by atoms with E-state index in [1.54, 1.807) is 6.20 Å². The fourth-order valence-electron chi connectivity index (χ4n) is 2.57. The lowest BCUT2D eigenvalue weighted by molar-refractivity contribution is 0.213. The minimum Gasteiger partial charge on any atom is -0.348 e. The van der Waals surface area contributed by atoms with Gasteiger partial charge in [-0.05, 0) is 24.7 Å². The zero-order valence-electron chi connectivity index (χ0n) is 12.6. The smallest absolute Gasteiger partial charge is 0.120 e. The van der Waals surface area contributed by atoms with Gasteiger partial charge >= 0.3 is 0 Å². The minimum atomic E-state index is 0.267. The van der Waals surface area contributed by atoms with E-state index < -0.39 is 0 Å². The van der Waals surface area contributed by atoms with Gasteiger partial charge < -0.3 is 10.3 Å². The monoisotopic (exact) mass is 306 g/mol. The van der Waals surface area contributed by atoms with Crippen LogP contribution in [0.3, 0.4) is 0 Å². The normalized spacial score (nSPS) is 12.8. The van der Waals surface area contributed by atoms with Crippen LogP contribution in [0.4, 0.5) is 0 Å². The van der Waals surface area contributed by atoms with Gasteiger partial charge in [-0.25, -0.2) is 4.98 Å². The van der Waals surface area contributed by atoms with Gasteiger partial charge in [0.15, 0.2) is 0 Å². The molecular formula is C16H23ClN4. The van der Waals surface area contributed by atoms with Crippen molar-refractivity contribution in [1.82, 2.24) is 20.2 Å². The molecule has 0 radical (unpaired) electrons. The van der Waals surface area contributed by atoms with Crippen LogP contribution in [0.15, 0.2) is 36.7 Å². The number of hydrogen-bond donors (Lipinski definition) is 2. The summed E-state index contributed by atoms with van der Waals surface area (Å²) in [5, 5.41) is 4.30. The van der Waals surface area contributed by atoms with Gasteiger partial charge in [0.05, 0.1) is 6.54 Å². The molecule has 2 N–H and O–H groups in total. The highest BCUT2D eigenvalue weighted by Crippen LogP contribution is 2.26. The predicted molar refractivity (Wildman–Crippen MR) is 87.4 cm³/mol. The summed E-state index contributed by atoms with van der Waals surface area (Å²) in [7, 11) is 0. The molecule has 1 heterocycles. The molecule has 1 unspecified atom stereocenters. The second-order valence-corrected chi connectivity index (χ2v) is 5.33. The highest BCUT2D eigenvalue weighted by atomic mass is 35.5. The molecule has 0 fully saturated rings. The Morgan fingerprint density at radius 2 is 2.05 bits per heavy atom. The van der Waals surface area contributed by atoms with Crippen molar-refractivity contribution in [2.45, 2.75) is 26.4 Å². The second-order valence-electron chi connectivity index (χ2n) is 4.93. The van der Waals surface area contributed by atoms with Gasteiger partial charge in [-0.1, -0.05) is 43.6 Å². The summed E-state index contributed by atoms with van der Waals surface area (Å²) in [5.41, 5.74) is 1.18. The summed E-state index contributed by atoms with van der Waals surface area (Å²) >= 11 is 6.38. The molecule has 0 aliphatic carbocycles. The van der Waals surface area contributed by atoms with Crippen molar-refractivity contribution in [2.24, 2.45) is 0 Å². The van der Waals surface area contributed by atoms with Gasteiger partial charge in [-0.15, -0.1) is 0 Å². The van der Waals surface area contributed by atoms with E-state index in [2.05, 4.69) is 40.1 Å². The van der Waals surface area contributed by atoms with E-state index in [0.29, 0.717) is 0 Å². The molecule has 2 rings (SSSR count). The minimum absolute atomic E-state index is 0.267. The molecule has 0 saturated heterocycles. The Bertz CT molecular complexity index is 523. The zero-order valence-corrected chi connectivity index (χ0v) is 13.4. The maximum atomic E-state index is 6.38. The number of H-pyrrole nitrogens is 1. The Kier molecular flexibility index (Phi) is 6.23. The number of likely N-dealkylation sites (N-methyl/N-ethyl adjacent to an activating group) is 1. The molecule has 1 aromatic heterocycles. The zero-order chi connectivity index (χ0) is 15.1. The SMILES string of the molecule is CCN(CC)C(CNCc1ncc[nH]1)c1ccccc1Cl. The van der Waals surface area contributed by atoms with Crippen LogP contribution in [-0.2, 0) is 6.54 Å². The van der Waals surface area contributed by atoms with Crippen LogP contribution in [0.1, 0.15) is 31.3 Å². The van der Waals surface area contributed by atoms with Gasteiger partial charge in [0.2, 0.25) is 0 Å². The first-order valence-electron chi connectivity index (χ1n) is 7.43. The van der Waals surface area contributed by atoms with Crippen LogP contribution < -0.4 is 5.32 Å². The summed E-state index contributed by atoms with van der Waals surface area (Å²) in [5.74, 6) is 0.951. The van der Waals surface area contributed by atoms with E-state index in [0.717, 1.165) is 37.0 Å². The number of aromatic amines is 1. The van der Waals surface area contributed by atoms with Gasteiger partial charge in [0.25, 0.3) is 0 Å². The van der Waals surface area contributed by atoms with Crippen LogP contribution in [0.25, 0.3) is 0 Å². The Morgan fingerprint density at radius 1 is 1.29 bits per heavy atom. The second kappa shape index (κ2) is 8.17. The molecule has 5 heteroatoms. The lowest BCUT2D eigenvalue weighted by Crippen LogP contribution is -2.36. The van der Waals surface area contributed by atoms with Crippen molar-refractivity contribution in [3.8, 4) is 0 Å². The highest BCUT2D eigenvalue weighted by molar-refractivity contribution is 6.31. The van der Waals surface area contributed by atoms with E-state index in [4.69, 9.17) is 11.6 Å². The van der Waals surface area contributed by atoms with Crippen LogP contribution >= 0.6 is 11.6 Å². The topological polar surface area (TPSA) is 44.0 Å². The van der Waals surface area contributed by atoms with E-state index in [-0.39, 0.29) is 6.04 Å². The fourth-order valence-corrected chi connectivity index (χ4v) is 2.83. The van der Waals surface area contributed by atoms with Crippen LogP contribution in [0.2, 0.25) is 5.02 Å². The molecule has 0 amide bonds. The van der Waals surface area contributed by atoms with Gasteiger partial charge in [0.1, 0.15) is 5.82 Å². The standard InChI is InChI=1S/C16H23ClN4/c1-3-21(4-2)15(13-7-5-6-8-14(13)17)11-18-12-16-19-9-10-20-16/h5-10,15,18H,3-4,11-12H2,1-2H3,(H,19,20). The number of nitrogens with one attached hydrogen (secondary N) is 2. The van der Waals surface area contributed by atoms with Gasteiger partial charge in [-0.3, -0.25) is 4.90 Å². The number of aromatic nitrogens is 2. The molecule has 1 atom stereocenters. The molecule has 0 aliphatic heterocycles. The number of halogens is 1. The van der Waals surface area contributed by atoms with Crippen molar-refractivity contribution in [3.63, 3.8) is 0 Å². The first kappa shape index (κ1) is 16.0. The molecule has 0 saturated carbocycles. The predicted octanol–water partition coefficient (Wildman–Crippen LogP) is 3.24. The van der Waals surface area contributed by atoms with Gasteiger partial charge in [0, 0.05) is 30.0 Å². The van der Waals surface area contributed by atoms with E-state index in [9.17, 15) is 0 Å². The maximum Gasteiger partial charge on any atom is 0.120 e. The van der Waals surface area contributed by atoms with Crippen molar-refractivity contribution in [3.05, 3.63) is 53.1 Å². The number of nitrogens with zero attached hydrogens (tertiary/aromatic N) is 2. The first-order chi connectivity index (χ1) is 10.3. The number of rotatable bonds is 8. The van der Waals surface area contributed by atoms with Gasteiger partial charge in [-0.2, -0.15) is 0 Å². The molecule has 0 bridgehead atoms. The van der Waals surface area contributed by atoms with Crippen molar-refractivity contribution in [1.29, 1.82) is 0 Å². The van der Waals surface area contributed by atoms with Crippen LogP contribution in [0.5, 0.6) is 0 Å². The Balaban J connectivity index is 2.07.